The Morgan fingerprint density at radius 3 is 2.89 bits per heavy atom. The van der Waals surface area contributed by atoms with Crippen LogP contribution in [0.1, 0.15) is 49.2 Å². The third kappa shape index (κ3) is 3.53. The first-order valence-corrected chi connectivity index (χ1v) is 7.06. The summed E-state index contributed by atoms with van der Waals surface area (Å²) >= 11 is 0. The lowest BCUT2D eigenvalue weighted by Gasteiger charge is -2.32. The highest BCUT2D eigenvalue weighted by Gasteiger charge is 2.25. The number of hydrogen-bond donors (Lipinski definition) is 2. The second kappa shape index (κ2) is 6.15. The molecule has 1 aliphatic carbocycles. The van der Waals surface area contributed by atoms with Gasteiger partial charge in [-0.15, -0.1) is 0 Å². The Hall–Kier alpha value is -1.42. The Morgan fingerprint density at radius 2 is 2.21 bits per heavy atom. The molecule has 1 aliphatic rings. The summed E-state index contributed by atoms with van der Waals surface area (Å²) < 4.78 is 0. The molecule has 19 heavy (non-hydrogen) atoms. The van der Waals surface area contributed by atoms with E-state index >= 15 is 0 Å². The monoisotopic (exact) mass is 261 g/mol. The van der Waals surface area contributed by atoms with Crippen LogP contribution in [0, 0.1) is 11.8 Å². The van der Waals surface area contributed by atoms with Crippen molar-refractivity contribution >= 4 is 5.91 Å². The minimum atomic E-state index is -0.0103. The van der Waals surface area contributed by atoms with Gasteiger partial charge in [0.15, 0.2) is 0 Å². The molecular weight excluding hydrogens is 238 g/mol. The lowest BCUT2D eigenvalue weighted by molar-refractivity contribution is 0.0910. The van der Waals surface area contributed by atoms with E-state index in [4.69, 9.17) is 5.73 Å². The summed E-state index contributed by atoms with van der Waals surface area (Å²) in [5, 5.41) is 3.13. The third-order valence-corrected chi connectivity index (χ3v) is 4.22. The highest BCUT2D eigenvalue weighted by molar-refractivity contribution is 5.94. The zero-order valence-corrected chi connectivity index (χ0v) is 11.7. The highest BCUT2D eigenvalue weighted by Crippen LogP contribution is 2.29. The van der Waals surface area contributed by atoms with E-state index in [1.807, 2.05) is 0 Å². The van der Waals surface area contributed by atoms with Crippen molar-refractivity contribution in [3.05, 3.63) is 29.6 Å². The Bertz CT molecular complexity index is 447. The maximum atomic E-state index is 12.2. The van der Waals surface area contributed by atoms with E-state index in [0.29, 0.717) is 24.1 Å². The average Bonchev–Trinajstić information content (AvgIpc) is 2.43. The van der Waals surface area contributed by atoms with Gasteiger partial charge in [-0.1, -0.05) is 13.8 Å². The quantitative estimate of drug-likeness (QED) is 0.875. The molecule has 104 valence electrons. The van der Waals surface area contributed by atoms with Crippen LogP contribution in [0.2, 0.25) is 0 Å². The van der Waals surface area contributed by atoms with Crippen LogP contribution in [0.5, 0.6) is 0 Å². The van der Waals surface area contributed by atoms with Crippen molar-refractivity contribution < 1.29 is 4.79 Å². The summed E-state index contributed by atoms with van der Waals surface area (Å²) in [5.41, 5.74) is 6.95. The van der Waals surface area contributed by atoms with Crippen molar-refractivity contribution in [2.75, 3.05) is 0 Å². The fourth-order valence-electron chi connectivity index (χ4n) is 2.68. The van der Waals surface area contributed by atoms with Crippen LogP contribution in [0.25, 0.3) is 0 Å². The van der Waals surface area contributed by atoms with Gasteiger partial charge in [0.2, 0.25) is 0 Å². The van der Waals surface area contributed by atoms with Crippen LogP contribution < -0.4 is 11.1 Å². The lowest BCUT2D eigenvalue weighted by Crippen LogP contribution is -2.39. The van der Waals surface area contributed by atoms with Crippen LogP contribution in [0.4, 0.5) is 0 Å². The minimum absolute atomic E-state index is 0.0103. The van der Waals surface area contributed by atoms with Gasteiger partial charge in [0.25, 0.3) is 5.91 Å². The van der Waals surface area contributed by atoms with Crippen molar-refractivity contribution in [2.24, 2.45) is 17.6 Å². The molecule has 1 fully saturated rings. The van der Waals surface area contributed by atoms with E-state index in [0.717, 1.165) is 24.5 Å². The smallest absolute Gasteiger partial charge is 0.251 e. The van der Waals surface area contributed by atoms with Gasteiger partial charge in [0.1, 0.15) is 0 Å². The average molecular weight is 261 g/mol. The van der Waals surface area contributed by atoms with E-state index < -0.39 is 0 Å². The van der Waals surface area contributed by atoms with Gasteiger partial charge in [-0.05, 0) is 43.2 Å². The zero-order valence-electron chi connectivity index (χ0n) is 11.7. The molecule has 4 heteroatoms. The highest BCUT2D eigenvalue weighted by atomic mass is 16.1. The number of nitrogens with one attached hydrogen (secondary N) is 1. The Kier molecular flexibility index (Phi) is 4.53. The Morgan fingerprint density at radius 1 is 1.42 bits per heavy atom. The number of amides is 1. The number of aromatic nitrogens is 1. The topological polar surface area (TPSA) is 68.0 Å². The van der Waals surface area contributed by atoms with Gasteiger partial charge in [-0.3, -0.25) is 9.78 Å². The number of nitrogens with two attached hydrogens (primary N) is 1. The molecule has 1 aromatic rings. The third-order valence-electron chi connectivity index (χ3n) is 4.22. The lowest BCUT2D eigenvalue weighted by atomic mass is 9.79. The second-order valence-corrected chi connectivity index (χ2v) is 5.68. The van der Waals surface area contributed by atoms with E-state index in [9.17, 15) is 4.79 Å². The molecular formula is C15H23N3O. The Balaban J connectivity index is 1.97. The first kappa shape index (κ1) is 14.0. The number of rotatable bonds is 3. The molecule has 0 aromatic carbocycles. The summed E-state index contributed by atoms with van der Waals surface area (Å²) in [6, 6.07) is 3.81. The van der Waals surface area contributed by atoms with Gasteiger partial charge in [-0.25, -0.2) is 0 Å². The molecule has 3 atom stereocenters. The van der Waals surface area contributed by atoms with Crippen molar-refractivity contribution in [2.45, 2.75) is 45.7 Å². The molecule has 2 rings (SSSR count). The molecule has 1 saturated carbocycles. The molecule has 0 spiro atoms. The normalized spacial score (nSPS) is 27.0. The molecule has 1 heterocycles. The van der Waals surface area contributed by atoms with E-state index in [2.05, 4.69) is 24.1 Å². The number of nitrogens with zero attached hydrogens (tertiary/aromatic N) is 1. The van der Waals surface area contributed by atoms with Gasteiger partial charge in [-0.2, -0.15) is 0 Å². The van der Waals surface area contributed by atoms with Crippen LogP contribution >= 0.6 is 0 Å². The molecule has 0 saturated heterocycles. The van der Waals surface area contributed by atoms with Crippen molar-refractivity contribution in [3.63, 3.8) is 0 Å². The first-order chi connectivity index (χ1) is 9.10. The summed E-state index contributed by atoms with van der Waals surface area (Å²) in [7, 11) is 0. The molecule has 3 unspecified atom stereocenters. The van der Waals surface area contributed by atoms with Crippen LogP contribution in [-0.4, -0.2) is 16.9 Å². The van der Waals surface area contributed by atoms with Crippen LogP contribution in [0.3, 0.4) is 0 Å². The van der Waals surface area contributed by atoms with E-state index in [1.54, 1.807) is 18.3 Å². The number of hydrogen-bond acceptors (Lipinski definition) is 3. The van der Waals surface area contributed by atoms with Gasteiger partial charge < -0.3 is 11.1 Å². The van der Waals surface area contributed by atoms with Gasteiger partial charge >= 0.3 is 0 Å². The fourth-order valence-corrected chi connectivity index (χ4v) is 2.68. The zero-order chi connectivity index (χ0) is 13.8. The molecule has 0 aliphatic heterocycles. The fraction of sp³-hybridized carbons (Fsp3) is 0.600. The van der Waals surface area contributed by atoms with Crippen LogP contribution in [0.15, 0.2) is 18.3 Å². The summed E-state index contributed by atoms with van der Waals surface area (Å²) in [6.45, 7) is 4.92. The molecule has 1 aromatic heterocycles. The largest absolute Gasteiger partial charge is 0.349 e. The van der Waals surface area contributed by atoms with Crippen molar-refractivity contribution in [3.8, 4) is 0 Å². The molecule has 1 amide bonds. The molecule has 3 N–H and O–H groups in total. The summed E-state index contributed by atoms with van der Waals surface area (Å²) in [6.07, 6.45) is 4.98. The maximum Gasteiger partial charge on any atom is 0.251 e. The van der Waals surface area contributed by atoms with Gasteiger partial charge in [0, 0.05) is 24.3 Å². The van der Waals surface area contributed by atoms with Crippen LogP contribution in [-0.2, 0) is 6.54 Å². The maximum absolute atomic E-state index is 12.2. The van der Waals surface area contributed by atoms with E-state index in [-0.39, 0.29) is 5.91 Å². The minimum Gasteiger partial charge on any atom is -0.349 e. The second-order valence-electron chi connectivity index (χ2n) is 5.68. The van der Waals surface area contributed by atoms with Gasteiger partial charge in [0.05, 0.1) is 5.69 Å². The number of carbonyl (C=O) groups excluding carboxylic acids is 1. The SMILES string of the molecule is CC1CCC(NC(=O)c2ccnc(CN)c2)CC1C. The first-order valence-electron chi connectivity index (χ1n) is 7.06. The standard InChI is InChI=1S/C15H23N3O/c1-10-3-4-13(7-11(10)2)18-15(19)12-5-6-17-14(8-12)9-16/h5-6,8,10-11,13H,3-4,7,9,16H2,1-2H3,(H,18,19). The Labute approximate surface area is 114 Å². The number of pyridine rings is 1. The predicted molar refractivity (Wildman–Crippen MR) is 75.6 cm³/mol. The summed E-state index contributed by atoms with van der Waals surface area (Å²) in [5.74, 6) is 1.43. The number of carbonyl (C=O) groups is 1. The summed E-state index contributed by atoms with van der Waals surface area (Å²) in [4.78, 5) is 16.3. The molecule has 0 bridgehead atoms. The predicted octanol–water partition coefficient (Wildman–Crippen LogP) is 2.09. The molecule has 0 radical (unpaired) electrons. The van der Waals surface area contributed by atoms with Crippen molar-refractivity contribution in [1.29, 1.82) is 0 Å². The van der Waals surface area contributed by atoms with Crippen molar-refractivity contribution in [1.82, 2.24) is 10.3 Å². The molecule has 4 nitrogen and oxygen atoms in total. The van der Waals surface area contributed by atoms with E-state index in [1.165, 1.54) is 6.42 Å².